The Morgan fingerprint density at radius 1 is 1.14 bits per heavy atom. The second kappa shape index (κ2) is 5.46. The number of aryl methyl sites for hydroxylation is 1. The molecule has 1 unspecified atom stereocenters. The molecule has 1 fully saturated rings. The van der Waals surface area contributed by atoms with Crippen LogP contribution in [0.25, 0.3) is 0 Å². The van der Waals surface area contributed by atoms with Gasteiger partial charge in [0.05, 0.1) is 23.5 Å². The third-order valence-electron chi connectivity index (χ3n) is 4.16. The summed E-state index contributed by atoms with van der Waals surface area (Å²) >= 11 is 0. The topological polar surface area (TPSA) is 48.5 Å². The molecule has 1 aliphatic carbocycles. The molecule has 1 aromatic rings. The van der Waals surface area contributed by atoms with E-state index in [0.29, 0.717) is 6.04 Å². The Kier molecular flexibility index (Phi) is 3.31. The molecule has 1 saturated heterocycles. The lowest BCUT2D eigenvalue weighted by molar-refractivity contribution is 0.448. The summed E-state index contributed by atoms with van der Waals surface area (Å²) in [4.78, 5) is 4.90. The van der Waals surface area contributed by atoms with E-state index in [1.807, 2.05) is 0 Å². The first-order chi connectivity index (χ1) is 10.8. The van der Waals surface area contributed by atoms with Gasteiger partial charge in [0.2, 0.25) is 0 Å². The van der Waals surface area contributed by atoms with Crippen molar-refractivity contribution in [2.75, 3.05) is 23.7 Å². The number of anilines is 2. The van der Waals surface area contributed by atoms with Crippen molar-refractivity contribution < 1.29 is 0 Å². The lowest BCUT2D eigenvalue weighted by atomic mass is 10.1. The second-order valence-corrected chi connectivity index (χ2v) is 6.00. The Hall–Kier alpha value is -2.33. The van der Waals surface area contributed by atoms with Gasteiger partial charge in [-0.1, -0.05) is 30.4 Å². The van der Waals surface area contributed by atoms with Gasteiger partial charge in [-0.3, -0.25) is 4.99 Å². The van der Waals surface area contributed by atoms with E-state index in [9.17, 15) is 0 Å². The summed E-state index contributed by atoms with van der Waals surface area (Å²) in [5.41, 5.74) is 4.57. The maximum atomic E-state index is 4.90. The molecule has 22 heavy (non-hydrogen) atoms. The number of hydrogen-bond acceptors (Lipinski definition) is 3. The monoisotopic (exact) mass is 292 g/mol. The fourth-order valence-electron chi connectivity index (χ4n) is 2.82. The minimum Gasteiger partial charge on any atom is -0.374 e. The molecule has 112 valence electrons. The maximum absolute atomic E-state index is 4.90. The van der Waals surface area contributed by atoms with Gasteiger partial charge in [-0.15, -0.1) is 0 Å². The van der Waals surface area contributed by atoms with Crippen molar-refractivity contribution in [2.24, 2.45) is 4.99 Å². The fraction of sp³-hybridized carbons (Fsp3) is 0.278. The molecule has 0 amide bonds. The molecule has 1 atom stereocenters. The van der Waals surface area contributed by atoms with Crippen LogP contribution in [0, 0.1) is 6.92 Å². The molecule has 0 spiro atoms. The SMILES string of the molecule is Cc1ccc2c(c1)NC(=NC1CNC1)C1=CC(C=CC=C1)N2. The third kappa shape index (κ3) is 2.57. The number of fused-ring (bicyclic) bond motifs is 2. The summed E-state index contributed by atoms with van der Waals surface area (Å²) < 4.78 is 0. The van der Waals surface area contributed by atoms with Crippen LogP contribution in [0.3, 0.4) is 0 Å². The Morgan fingerprint density at radius 2 is 2.05 bits per heavy atom. The van der Waals surface area contributed by atoms with E-state index in [1.54, 1.807) is 0 Å². The first-order valence-electron chi connectivity index (χ1n) is 7.78. The highest BCUT2D eigenvalue weighted by atomic mass is 15.1. The number of allylic oxidation sites excluding steroid dienone is 2. The van der Waals surface area contributed by atoms with Gasteiger partial charge in [0.15, 0.2) is 0 Å². The van der Waals surface area contributed by atoms with Crippen LogP contribution in [0.5, 0.6) is 0 Å². The Bertz CT molecular complexity index is 708. The summed E-state index contributed by atoms with van der Waals surface area (Å²) in [6.07, 6.45) is 10.7. The average molecular weight is 292 g/mol. The first kappa shape index (κ1) is 13.3. The molecule has 2 bridgehead atoms. The van der Waals surface area contributed by atoms with Crippen LogP contribution in [-0.2, 0) is 0 Å². The van der Waals surface area contributed by atoms with Crippen molar-refractivity contribution in [3.05, 3.63) is 59.7 Å². The summed E-state index contributed by atoms with van der Waals surface area (Å²) in [6, 6.07) is 6.98. The highest BCUT2D eigenvalue weighted by Crippen LogP contribution is 2.28. The van der Waals surface area contributed by atoms with E-state index in [1.165, 1.54) is 5.56 Å². The van der Waals surface area contributed by atoms with Crippen molar-refractivity contribution in [3.8, 4) is 0 Å². The first-order valence-corrected chi connectivity index (χ1v) is 7.78. The summed E-state index contributed by atoms with van der Waals surface area (Å²) in [7, 11) is 0. The molecule has 0 saturated carbocycles. The van der Waals surface area contributed by atoms with Crippen molar-refractivity contribution in [1.82, 2.24) is 5.32 Å². The molecule has 4 nitrogen and oxygen atoms in total. The lowest BCUT2D eigenvalue weighted by Crippen LogP contribution is -2.46. The molecular weight excluding hydrogens is 272 g/mol. The Labute approximate surface area is 130 Å². The second-order valence-electron chi connectivity index (χ2n) is 6.00. The summed E-state index contributed by atoms with van der Waals surface area (Å²) in [6.45, 7) is 4.03. The van der Waals surface area contributed by atoms with Crippen molar-refractivity contribution in [3.63, 3.8) is 0 Å². The van der Waals surface area contributed by atoms with Gasteiger partial charge in [0.25, 0.3) is 0 Å². The number of hydrogen-bond donors (Lipinski definition) is 3. The van der Waals surface area contributed by atoms with Crippen molar-refractivity contribution in [2.45, 2.75) is 19.0 Å². The van der Waals surface area contributed by atoms with Gasteiger partial charge in [0, 0.05) is 18.7 Å². The zero-order valence-electron chi connectivity index (χ0n) is 12.6. The van der Waals surface area contributed by atoms with Crippen molar-refractivity contribution in [1.29, 1.82) is 0 Å². The van der Waals surface area contributed by atoms with Gasteiger partial charge in [0.1, 0.15) is 5.84 Å². The van der Waals surface area contributed by atoms with Gasteiger partial charge in [-0.2, -0.15) is 0 Å². The number of nitrogens with zero attached hydrogens (tertiary/aromatic N) is 1. The van der Waals surface area contributed by atoms with Crippen LogP contribution in [-0.4, -0.2) is 31.0 Å². The molecule has 0 radical (unpaired) electrons. The predicted molar refractivity (Wildman–Crippen MR) is 92.7 cm³/mol. The molecule has 3 N–H and O–H groups in total. The van der Waals surface area contributed by atoms with E-state index in [2.05, 4.69) is 71.5 Å². The minimum atomic E-state index is 0.179. The number of nitrogens with one attached hydrogen (secondary N) is 3. The van der Waals surface area contributed by atoms with E-state index in [0.717, 1.165) is 35.9 Å². The molecular formula is C18H20N4. The molecule has 4 heteroatoms. The molecule has 1 aromatic carbocycles. The van der Waals surface area contributed by atoms with Gasteiger partial charge in [-0.05, 0) is 30.7 Å². The number of rotatable bonds is 1. The van der Waals surface area contributed by atoms with Crippen LogP contribution >= 0.6 is 0 Å². The van der Waals surface area contributed by atoms with Crippen LogP contribution in [0.4, 0.5) is 11.4 Å². The van der Waals surface area contributed by atoms with Crippen LogP contribution < -0.4 is 16.0 Å². The summed E-state index contributed by atoms with van der Waals surface area (Å²) in [5.74, 6) is 0.963. The standard InChI is InChI=1S/C18H20N4/c1-12-6-7-16-17(8-12)22-18(21-15-10-19-11-15)13-4-2-3-5-14(9-13)20-16/h2-9,14-15,19-20H,10-11H2,1H3,(H,21,22). The highest BCUT2D eigenvalue weighted by molar-refractivity contribution is 6.12. The highest BCUT2D eigenvalue weighted by Gasteiger charge is 2.21. The van der Waals surface area contributed by atoms with Crippen molar-refractivity contribution >= 4 is 17.2 Å². The van der Waals surface area contributed by atoms with E-state index in [-0.39, 0.29) is 6.04 Å². The molecule has 2 aliphatic heterocycles. The Balaban J connectivity index is 1.79. The molecule has 0 aromatic heterocycles. The normalized spacial score (nSPS) is 25.0. The lowest BCUT2D eigenvalue weighted by Gasteiger charge is -2.27. The number of aliphatic imine (C=N–C) groups is 1. The van der Waals surface area contributed by atoms with Crippen LogP contribution in [0.15, 0.2) is 59.1 Å². The molecule has 3 aliphatic rings. The third-order valence-corrected chi connectivity index (χ3v) is 4.16. The van der Waals surface area contributed by atoms with E-state index >= 15 is 0 Å². The number of amidine groups is 1. The van der Waals surface area contributed by atoms with Gasteiger partial charge < -0.3 is 16.0 Å². The summed E-state index contributed by atoms with van der Waals surface area (Å²) in [5, 5.41) is 10.4. The van der Waals surface area contributed by atoms with Crippen LogP contribution in [0.2, 0.25) is 0 Å². The predicted octanol–water partition coefficient (Wildman–Crippen LogP) is 2.62. The van der Waals surface area contributed by atoms with E-state index in [4.69, 9.17) is 4.99 Å². The molecule has 4 rings (SSSR count). The largest absolute Gasteiger partial charge is 0.374 e. The van der Waals surface area contributed by atoms with E-state index < -0.39 is 0 Å². The smallest absolute Gasteiger partial charge is 0.132 e. The zero-order valence-corrected chi connectivity index (χ0v) is 12.6. The van der Waals surface area contributed by atoms with Gasteiger partial charge >= 0.3 is 0 Å². The van der Waals surface area contributed by atoms with Gasteiger partial charge in [-0.25, -0.2) is 0 Å². The maximum Gasteiger partial charge on any atom is 0.132 e. The quantitative estimate of drug-likeness (QED) is 0.746. The Morgan fingerprint density at radius 3 is 2.86 bits per heavy atom. The average Bonchev–Trinajstić information content (AvgIpc) is 2.69. The zero-order chi connectivity index (χ0) is 14.9. The minimum absolute atomic E-state index is 0.179. The van der Waals surface area contributed by atoms with Crippen LogP contribution in [0.1, 0.15) is 5.56 Å². The number of benzene rings is 1. The fourth-order valence-corrected chi connectivity index (χ4v) is 2.82. The molecule has 2 heterocycles.